The summed E-state index contributed by atoms with van der Waals surface area (Å²) < 4.78 is 0. The van der Waals surface area contributed by atoms with E-state index in [0.717, 1.165) is 39.6 Å². The second kappa shape index (κ2) is 6.30. The molecule has 0 spiro atoms. The predicted molar refractivity (Wildman–Crippen MR) is 111 cm³/mol. The second-order valence-corrected chi connectivity index (χ2v) is 7.32. The Bertz CT molecular complexity index is 1320. The molecule has 1 aliphatic rings. The molecule has 2 N–H and O–H groups in total. The molecule has 0 bridgehead atoms. The molecule has 0 amide bonds. The van der Waals surface area contributed by atoms with Crippen molar-refractivity contribution in [3.63, 3.8) is 0 Å². The van der Waals surface area contributed by atoms with E-state index >= 15 is 0 Å². The van der Waals surface area contributed by atoms with Crippen molar-refractivity contribution in [2.75, 3.05) is 5.32 Å². The van der Waals surface area contributed by atoms with Gasteiger partial charge in [0.2, 0.25) is 0 Å². The summed E-state index contributed by atoms with van der Waals surface area (Å²) in [6.45, 7) is 2.42. The lowest BCUT2D eigenvalue weighted by Crippen LogP contribution is -2.10. The summed E-state index contributed by atoms with van der Waals surface area (Å²) in [4.78, 5) is 31.5. The largest absolute Gasteiger partial charge is 0.381 e. The second-order valence-electron chi connectivity index (χ2n) is 7.32. The maximum atomic E-state index is 12.5. The number of fused-ring (bicyclic) bond motifs is 4. The number of carbonyl (C=O) groups is 1. The van der Waals surface area contributed by atoms with E-state index in [1.165, 1.54) is 0 Å². The van der Waals surface area contributed by atoms with Crippen LogP contribution in [-0.4, -0.2) is 15.8 Å². The van der Waals surface area contributed by atoms with Crippen LogP contribution in [0.15, 0.2) is 53.3 Å². The molecule has 0 atom stereocenters. The minimum absolute atomic E-state index is 0.110. The summed E-state index contributed by atoms with van der Waals surface area (Å²) in [5, 5.41) is 5.98. The van der Waals surface area contributed by atoms with E-state index in [2.05, 4.69) is 27.4 Å². The highest BCUT2D eigenvalue weighted by Crippen LogP contribution is 2.26. The van der Waals surface area contributed by atoms with Crippen molar-refractivity contribution in [3.8, 4) is 0 Å². The van der Waals surface area contributed by atoms with Gasteiger partial charge >= 0.3 is 0 Å². The van der Waals surface area contributed by atoms with Crippen LogP contribution in [-0.2, 0) is 13.0 Å². The van der Waals surface area contributed by atoms with Crippen LogP contribution >= 0.6 is 0 Å². The molecule has 3 aromatic carbocycles. The summed E-state index contributed by atoms with van der Waals surface area (Å²) in [6.07, 6.45) is 1.43. The molecule has 0 saturated carbocycles. The number of anilines is 1. The summed E-state index contributed by atoms with van der Waals surface area (Å²) >= 11 is 0. The Morgan fingerprint density at radius 3 is 2.79 bits per heavy atom. The number of Topliss-reactive ketones (excluding diaryl/α,β-unsaturated/α-hetero) is 1. The molecule has 5 heteroatoms. The number of ketones is 1. The van der Waals surface area contributed by atoms with Gasteiger partial charge in [-0.2, -0.15) is 0 Å². The predicted octanol–water partition coefficient (Wildman–Crippen LogP) is 4.13. The molecule has 0 unspecified atom stereocenters. The standard InChI is InChI=1S/C23H19N3O2/c1-13-25-20-8-4-15-3-2-14(10-19(15)22(20)23(28)26-13)12-24-17-6-7-18-16(11-17)5-9-21(18)27/h2-4,6-8,10-11,24H,5,9,12H2,1H3,(H,25,26,28). The van der Waals surface area contributed by atoms with E-state index in [4.69, 9.17) is 0 Å². The topological polar surface area (TPSA) is 74.8 Å². The average molecular weight is 369 g/mol. The van der Waals surface area contributed by atoms with E-state index < -0.39 is 0 Å². The number of hydrogen-bond donors (Lipinski definition) is 2. The third-order valence-electron chi connectivity index (χ3n) is 5.40. The first-order valence-electron chi connectivity index (χ1n) is 9.41. The van der Waals surface area contributed by atoms with Gasteiger partial charge in [0.25, 0.3) is 5.56 Å². The summed E-state index contributed by atoms with van der Waals surface area (Å²) in [7, 11) is 0. The van der Waals surface area contributed by atoms with Crippen molar-refractivity contribution in [1.82, 2.24) is 9.97 Å². The lowest BCUT2D eigenvalue weighted by atomic mass is 10.0. The van der Waals surface area contributed by atoms with Crippen molar-refractivity contribution >= 4 is 33.1 Å². The first kappa shape index (κ1) is 16.7. The first-order valence-corrected chi connectivity index (χ1v) is 9.41. The van der Waals surface area contributed by atoms with Crippen molar-refractivity contribution in [2.24, 2.45) is 0 Å². The molecule has 0 radical (unpaired) electrons. The molecule has 4 aromatic rings. The molecule has 28 heavy (non-hydrogen) atoms. The summed E-state index contributed by atoms with van der Waals surface area (Å²) in [5.41, 5.74) is 4.65. The highest BCUT2D eigenvalue weighted by atomic mass is 16.1. The van der Waals surface area contributed by atoms with Crippen molar-refractivity contribution in [3.05, 3.63) is 81.4 Å². The van der Waals surface area contributed by atoms with Crippen LogP contribution in [0.25, 0.3) is 21.7 Å². The number of H-pyrrole nitrogens is 1. The van der Waals surface area contributed by atoms with E-state index in [0.29, 0.717) is 29.7 Å². The van der Waals surface area contributed by atoms with Gasteiger partial charge in [0, 0.05) is 24.2 Å². The smallest absolute Gasteiger partial charge is 0.259 e. The van der Waals surface area contributed by atoms with Gasteiger partial charge in [0.1, 0.15) is 5.82 Å². The molecular formula is C23H19N3O2. The van der Waals surface area contributed by atoms with Crippen LogP contribution in [0.3, 0.4) is 0 Å². The molecule has 5 nitrogen and oxygen atoms in total. The van der Waals surface area contributed by atoms with Gasteiger partial charge in [-0.25, -0.2) is 4.98 Å². The van der Waals surface area contributed by atoms with Gasteiger partial charge in [-0.3, -0.25) is 9.59 Å². The highest BCUT2D eigenvalue weighted by Gasteiger charge is 2.19. The third-order valence-corrected chi connectivity index (χ3v) is 5.40. The quantitative estimate of drug-likeness (QED) is 0.533. The van der Waals surface area contributed by atoms with E-state index in [1.54, 1.807) is 6.92 Å². The number of nitrogens with one attached hydrogen (secondary N) is 2. The van der Waals surface area contributed by atoms with Gasteiger partial charge in [0.05, 0.1) is 10.9 Å². The van der Waals surface area contributed by atoms with E-state index in [-0.39, 0.29) is 11.3 Å². The molecular weight excluding hydrogens is 350 g/mol. The number of carbonyl (C=O) groups excluding carboxylic acids is 1. The molecule has 1 aromatic heterocycles. The fourth-order valence-electron chi connectivity index (χ4n) is 4.00. The number of aromatic nitrogens is 2. The van der Waals surface area contributed by atoms with Crippen LogP contribution in [0.4, 0.5) is 5.69 Å². The monoisotopic (exact) mass is 369 g/mol. The Kier molecular flexibility index (Phi) is 3.76. The van der Waals surface area contributed by atoms with Gasteiger partial charge in [-0.15, -0.1) is 0 Å². The summed E-state index contributed by atoms with van der Waals surface area (Å²) in [5.74, 6) is 0.849. The molecule has 0 fully saturated rings. The maximum absolute atomic E-state index is 12.5. The zero-order valence-corrected chi connectivity index (χ0v) is 15.5. The Balaban J connectivity index is 1.49. The van der Waals surface area contributed by atoms with Crippen LogP contribution < -0.4 is 10.9 Å². The van der Waals surface area contributed by atoms with Crippen LogP contribution in [0.2, 0.25) is 0 Å². The SMILES string of the molecule is Cc1nc2ccc3ccc(CNc4ccc5c(c4)CCC5=O)cc3c2c(=O)[nH]1. The zero-order valence-electron chi connectivity index (χ0n) is 15.5. The Morgan fingerprint density at radius 1 is 1.04 bits per heavy atom. The fraction of sp³-hybridized carbons (Fsp3) is 0.174. The molecule has 1 aliphatic carbocycles. The number of benzene rings is 3. The molecule has 0 aliphatic heterocycles. The number of hydrogen-bond acceptors (Lipinski definition) is 4. The fourth-order valence-corrected chi connectivity index (χ4v) is 4.00. The molecule has 1 heterocycles. The highest BCUT2D eigenvalue weighted by molar-refractivity contribution is 6.06. The lowest BCUT2D eigenvalue weighted by Gasteiger charge is -2.10. The van der Waals surface area contributed by atoms with Gasteiger partial charge < -0.3 is 10.3 Å². The minimum Gasteiger partial charge on any atom is -0.381 e. The lowest BCUT2D eigenvalue weighted by molar-refractivity contribution is 0.0994. The molecule has 5 rings (SSSR count). The van der Waals surface area contributed by atoms with Crippen LogP contribution in [0.1, 0.15) is 33.7 Å². The van der Waals surface area contributed by atoms with Crippen LogP contribution in [0, 0.1) is 6.92 Å². The number of nitrogens with zero attached hydrogens (tertiary/aromatic N) is 1. The van der Waals surface area contributed by atoms with Crippen molar-refractivity contribution in [1.29, 1.82) is 0 Å². The van der Waals surface area contributed by atoms with Gasteiger partial charge in [0.15, 0.2) is 5.78 Å². The Hall–Kier alpha value is -3.47. The molecule has 138 valence electrons. The van der Waals surface area contributed by atoms with Crippen molar-refractivity contribution in [2.45, 2.75) is 26.3 Å². The van der Waals surface area contributed by atoms with E-state index in [9.17, 15) is 9.59 Å². The zero-order chi connectivity index (χ0) is 19.3. The Morgan fingerprint density at radius 2 is 1.89 bits per heavy atom. The Labute approximate surface area is 161 Å². The van der Waals surface area contributed by atoms with Gasteiger partial charge in [-0.1, -0.05) is 18.2 Å². The molecule has 0 saturated heterocycles. The average Bonchev–Trinajstić information content (AvgIpc) is 3.06. The van der Waals surface area contributed by atoms with Crippen LogP contribution in [0.5, 0.6) is 0 Å². The first-order chi connectivity index (χ1) is 13.6. The normalized spacial score (nSPS) is 13.2. The number of aromatic amines is 1. The summed E-state index contributed by atoms with van der Waals surface area (Å²) in [6, 6.07) is 16.0. The number of aryl methyl sites for hydroxylation is 2. The third kappa shape index (κ3) is 2.76. The maximum Gasteiger partial charge on any atom is 0.259 e. The van der Waals surface area contributed by atoms with Crippen molar-refractivity contribution < 1.29 is 4.79 Å². The van der Waals surface area contributed by atoms with Gasteiger partial charge in [-0.05, 0) is 65.6 Å². The number of rotatable bonds is 3. The minimum atomic E-state index is -0.110. The van der Waals surface area contributed by atoms with E-state index in [1.807, 2.05) is 36.4 Å².